The first-order valence-electron chi connectivity index (χ1n) is 12.2. The summed E-state index contributed by atoms with van der Waals surface area (Å²) < 4.78 is 15.0. The number of piperidine rings is 1. The second kappa shape index (κ2) is 9.90. The SMILES string of the molecule is O=C(C(=O)N1CCN(c2ccc(F)cc2)CC1)c1cn(CC(=O)N2CCCCC2)c2ccccc12. The van der Waals surface area contributed by atoms with E-state index in [1.807, 2.05) is 29.2 Å². The van der Waals surface area contributed by atoms with Gasteiger partial charge in [-0.1, -0.05) is 18.2 Å². The standard InChI is InChI=1S/C27H29FN4O3/c28-20-8-10-21(11-9-20)29-14-16-31(17-15-29)27(35)26(34)23-18-32(24-7-3-2-6-22(23)24)19-25(33)30-12-4-1-5-13-30/h2-3,6-11,18H,1,4-5,12-17,19H2. The van der Waals surface area contributed by atoms with E-state index in [0.29, 0.717) is 37.1 Å². The molecule has 2 aromatic carbocycles. The number of carbonyl (C=O) groups is 3. The van der Waals surface area contributed by atoms with Gasteiger partial charge in [0.05, 0.1) is 5.56 Å². The topological polar surface area (TPSA) is 65.9 Å². The van der Waals surface area contributed by atoms with Crippen molar-refractivity contribution in [1.29, 1.82) is 0 Å². The summed E-state index contributed by atoms with van der Waals surface area (Å²) in [4.78, 5) is 44.8. The molecule has 5 rings (SSSR count). The van der Waals surface area contributed by atoms with E-state index in [-0.39, 0.29) is 18.3 Å². The molecule has 182 valence electrons. The maximum Gasteiger partial charge on any atom is 0.295 e. The van der Waals surface area contributed by atoms with Gasteiger partial charge in [0.25, 0.3) is 11.7 Å². The van der Waals surface area contributed by atoms with Crippen LogP contribution in [0.2, 0.25) is 0 Å². The number of rotatable bonds is 5. The van der Waals surface area contributed by atoms with Crippen molar-refractivity contribution in [2.24, 2.45) is 0 Å². The van der Waals surface area contributed by atoms with Crippen molar-refractivity contribution < 1.29 is 18.8 Å². The summed E-state index contributed by atoms with van der Waals surface area (Å²) in [6.07, 6.45) is 4.84. The van der Waals surface area contributed by atoms with Crippen LogP contribution in [0.1, 0.15) is 29.6 Å². The minimum Gasteiger partial charge on any atom is -0.368 e. The molecule has 2 saturated heterocycles. The van der Waals surface area contributed by atoms with Crippen LogP contribution >= 0.6 is 0 Å². The molecule has 2 amide bonds. The third kappa shape index (κ3) is 4.78. The van der Waals surface area contributed by atoms with Gasteiger partial charge in [-0.25, -0.2) is 4.39 Å². The van der Waals surface area contributed by atoms with E-state index in [4.69, 9.17) is 0 Å². The summed E-state index contributed by atoms with van der Waals surface area (Å²) in [5, 5.41) is 0.683. The number of Topliss-reactive ketones (excluding diaryl/α,β-unsaturated/α-hetero) is 1. The van der Waals surface area contributed by atoms with Crippen LogP contribution in [-0.2, 0) is 16.1 Å². The molecule has 0 radical (unpaired) electrons. The number of hydrogen-bond acceptors (Lipinski definition) is 4. The Hall–Kier alpha value is -3.68. The van der Waals surface area contributed by atoms with E-state index in [0.717, 1.165) is 43.6 Å². The first-order valence-corrected chi connectivity index (χ1v) is 12.2. The van der Waals surface area contributed by atoms with Gasteiger partial charge < -0.3 is 19.3 Å². The maximum absolute atomic E-state index is 13.3. The lowest BCUT2D eigenvalue weighted by atomic mass is 10.1. The summed E-state index contributed by atoms with van der Waals surface area (Å²) in [5.74, 6) is -1.34. The molecule has 0 N–H and O–H groups in total. The average molecular weight is 477 g/mol. The quantitative estimate of drug-likeness (QED) is 0.419. The summed E-state index contributed by atoms with van der Waals surface area (Å²) >= 11 is 0. The largest absolute Gasteiger partial charge is 0.368 e. The zero-order valence-corrected chi connectivity index (χ0v) is 19.7. The Morgan fingerprint density at radius 1 is 0.771 bits per heavy atom. The number of anilines is 1. The van der Waals surface area contributed by atoms with Gasteiger partial charge in [0.15, 0.2) is 0 Å². The van der Waals surface area contributed by atoms with Gasteiger partial charge in [-0.2, -0.15) is 0 Å². The molecular formula is C27H29FN4O3. The molecule has 2 aliphatic heterocycles. The lowest BCUT2D eigenvalue weighted by Crippen LogP contribution is -2.50. The molecule has 2 fully saturated rings. The fourth-order valence-corrected chi connectivity index (χ4v) is 5.03. The highest BCUT2D eigenvalue weighted by Gasteiger charge is 2.29. The van der Waals surface area contributed by atoms with Crippen LogP contribution in [-0.4, -0.2) is 71.2 Å². The van der Waals surface area contributed by atoms with E-state index < -0.39 is 11.7 Å². The number of hydrogen-bond donors (Lipinski definition) is 0. The van der Waals surface area contributed by atoms with Gasteiger partial charge >= 0.3 is 0 Å². The van der Waals surface area contributed by atoms with Crippen molar-refractivity contribution in [3.05, 3.63) is 66.1 Å². The Balaban J connectivity index is 1.30. The zero-order chi connectivity index (χ0) is 24.4. The monoisotopic (exact) mass is 476 g/mol. The Labute approximate surface area is 203 Å². The fourth-order valence-electron chi connectivity index (χ4n) is 5.03. The number of amides is 2. The van der Waals surface area contributed by atoms with Gasteiger partial charge in [-0.3, -0.25) is 14.4 Å². The van der Waals surface area contributed by atoms with E-state index in [2.05, 4.69) is 4.90 Å². The molecule has 0 atom stereocenters. The molecule has 3 heterocycles. The summed E-state index contributed by atoms with van der Waals surface area (Å²) in [7, 11) is 0. The predicted molar refractivity (Wildman–Crippen MR) is 132 cm³/mol. The Morgan fingerprint density at radius 3 is 2.17 bits per heavy atom. The number of benzene rings is 2. The smallest absolute Gasteiger partial charge is 0.295 e. The van der Waals surface area contributed by atoms with E-state index in [1.165, 1.54) is 12.1 Å². The number of likely N-dealkylation sites (tertiary alicyclic amines) is 1. The lowest BCUT2D eigenvalue weighted by molar-refractivity contribution is -0.132. The molecule has 0 spiro atoms. The van der Waals surface area contributed by atoms with Gasteiger partial charge in [0, 0.05) is 62.1 Å². The van der Waals surface area contributed by atoms with Crippen LogP contribution in [0.25, 0.3) is 10.9 Å². The second-order valence-electron chi connectivity index (χ2n) is 9.21. The minimum atomic E-state index is -0.555. The van der Waals surface area contributed by atoms with Crippen molar-refractivity contribution >= 4 is 34.2 Å². The number of para-hydroxylation sites is 1. The molecule has 0 bridgehead atoms. The number of nitrogens with zero attached hydrogens (tertiary/aromatic N) is 4. The van der Waals surface area contributed by atoms with Gasteiger partial charge in [0.2, 0.25) is 5.91 Å². The highest BCUT2D eigenvalue weighted by atomic mass is 19.1. The predicted octanol–water partition coefficient (Wildman–Crippen LogP) is 3.32. The van der Waals surface area contributed by atoms with Crippen molar-refractivity contribution in [1.82, 2.24) is 14.4 Å². The van der Waals surface area contributed by atoms with Crippen LogP contribution in [0.4, 0.5) is 10.1 Å². The van der Waals surface area contributed by atoms with Crippen LogP contribution in [0.3, 0.4) is 0 Å². The molecule has 7 nitrogen and oxygen atoms in total. The average Bonchev–Trinajstić information content (AvgIpc) is 3.27. The van der Waals surface area contributed by atoms with Crippen molar-refractivity contribution in [2.75, 3.05) is 44.2 Å². The molecule has 1 aromatic heterocycles. The van der Waals surface area contributed by atoms with Crippen LogP contribution in [0, 0.1) is 5.82 Å². The number of ketones is 1. The van der Waals surface area contributed by atoms with Crippen molar-refractivity contribution in [3.8, 4) is 0 Å². The molecule has 8 heteroatoms. The highest BCUT2D eigenvalue weighted by Crippen LogP contribution is 2.24. The van der Waals surface area contributed by atoms with Gasteiger partial charge in [-0.05, 0) is 49.6 Å². The Bertz CT molecular complexity index is 1240. The molecule has 35 heavy (non-hydrogen) atoms. The number of aromatic nitrogens is 1. The van der Waals surface area contributed by atoms with E-state index in [1.54, 1.807) is 27.8 Å². The maximum atomic E-state index is 13.3. The first-order chi connectivity index (χ1) is 17.0. The lowest BCUT2D eigenvalue weighted by Gasteiger charge is -2.35. The van der Waals surface area contributed by atoms with E-state index >= 15 is 0 Å². The van der Waals surface area contributed by atoms with Crippen LogP contribution in [0.5, 0.6) is 0 Å². The van der Waals surface area contributed by atoms with Crippen LogP contribution in [0.15, 0.2) is 54.7 Å². The van der Waals surface area contributed by atoms with Crippen molar-refractivity contribution in [3.63, 3.8) is 0 Å². The second-order valence-corrected chi connectivity index (χ2v) is 9.21. The molecular weight excluding hydrogens is 447 g/mol. The third-order valence-corrected chi connectivity index (χ3v) is 7.00. The van der Waals surface area contributed by atoms with Gasteiger partial charge in [0.1, 0.15) is 12.4 Å². The number of piperazine rings is 1. The Kier molecular flexibility index (Phi) is 6.53. The summed E-state index contributed by atoms with van der Waals surface area (Å²) in [6.45, 7) is 3.65. The number of carbonyl (C=O) groups excluding carboxylic acids is 3. The molecule has 0 aliphatic carbocycles. The minimum absolute atomic E-state index is 0.0349. The highest BCUT2D eigenvalue weighted by molar-refractivity contribution is 6.44. The Morgan fingerprint density at radius 2 is 1.46 bits per heavy atom. The summed E-state index contributed by atoms with van der Waals surface area (Å²) in [5.41, 5.74) is 2.00. The van der Waals surface area contributed by atoms with Gasteiger partial charge in [-0.15, -0.1) is 0 Å². The molecule has 3 aromatic rings. The first kappa shape index (κ1) is 23.1. The molecule has 0 saturated carbocycles. The van der Waals surface area contributed by atoms with Crippen LogP contribution < -0.4 is 4.90 Å². The number of halogens is 1. The zero-order valence-electron chi connectivity index (χ0n) is 19.7. The fraction of sp³-hybridized carbons (Fsp3) is 0.370. The normalized spacial score (nSPS) is 16.5. The van der Waals surface area contributed by atoms with Crippen molar-refractivity contribution in [2.45, 2.75) is 25.8 Å². The third-order valence-electron chi connectivity index (χ3n) is 7.00. The summed E-state index contributed by atoms with van der Waals surface area (Å²) in [6, 6.07) is 13.7. The molecule has 0 unspecified atom stereocenters. The van der Waals surface area contributed by atoms with E-state index in [9.17, 15) is 18.8 Å². The number of fused-ring (bicyclic) bond motifs is 1. The molecule has 2 aliphatic rings.